The fourth-order valence-electron chi connectivity index (χ4n) is 3.43. The van der Waals surface area contributed by atoms with Crippen LogP contribution in [0, 0.1) is 10.1 Å². The molecule has 0 spiro atoms. The molecule has 12 heteroatoms. The van der Waals surface area contributed by atoms with Crippen LogP contribution in [0.5, 0.6) is 5.75 Å². The summed E-state index contributed by atoms with van der Waals surface area (Å²) in [4.78, 5) is 62.7. The van der Waals surface area contributed by atoms with Gasteiger partial charge in [-0.25, -0.2) is 4.79 Å². The maximum absolute atomic E-state index is 13.0. The first kappa shape index (κ1) is 24.2. The predicted octanol–water partition coefficient (Wildman–Crippen LogP) is 1.47. The lowest BCUT2D eigenvalue weighted by molar-refractivity contribution is -0.385. The molecule has 5 amide bonds. The number of benzene rings is 2. The van der Waals surface area contributed by atoms with E-state index >= 15 is 0 Å². The molecule has 3 rings (SSSR count). The minimum atomic E-state index is -1.58. The average molecular weight is 469 g/mol. The normalized spacial score (nSPS) is 17.2. The van der Waals surface area contributed by atoms with Crippen molar-refractivity contribution < 1.29 is 28.8 Å². The molecule has 1 atom stereocenters. The zero-order valence-electron chi connectivity index (χ0n) is 18.7. The van der Waals surface area contributed by atoms with E-state index in [9.17, 15) is 29.3 Å². The molecule has 1 unspecified atom stereocenters. The number of anilines is 1. The quantitative estimate of drug-likeness (QED) is 0.337. The number of nitrogens with zero attached hydrogens (tertiary/aromatic N) is 3. The first-order valence-corrected chi connectivity index (χ1v) is 10.1. The van der Waals surface area contributed by atoms with E-state index in [1.54, 1.807) is 24.3 Å². The van der Waals surface area contributed by atoms with Crippen LogP contribution in [0.1, 0.15) is 12.5 Å². The van der Waals surface area contributed by atoms with Crippen LogP contribution >= 0.6 is 0 Å². The average Bonchev–Trinajstić information content (AvgIpc) is 3.02. The zero-order valence-corrected chi connectivity index (χ0v) is 18.7. The number of nitrogens with one attached hydrogen (secondary N) is 2. The summed E-state index contributed by atoms with van der Waals surface area (Å²) in [6.45, 7) is 0.488. The lowest BCUT2D eigenvalue weighted by Gasteiger charge is -2.23. The third-order valence-corrected chi connectivity index (χ3v) is 5.36. The maximum atomic E-state index is 13.0. The summed E-state index contributed by atoms with van der Waals surface area (Å²) in [6.07, 6.45) is 0. The van der Waals surface area contributed by atoms with Crippen LogP contribution in [0.3, 0.4) is 0 Å². The van der Waals surface area contributed by atoms with Gasteiger partial charge in [-0.2, -0.15) is 0 Å². The summed E-state index contributed by atoms with van der Waals surface area (Å²) in [6, 6.07) is 11.2. The van der Waals surface area contributed by atoms with Crippen LogP contribution in [0.25, 0.3) is 0 Å². The number of imide groups is 1. The topological polar surface area (TPSA) is 151 Å². The van der Waals surface area contributed by atoms with Gasteiger partial charge in [-0.1, -0.05) is 18.2 Å². The van der Waals surface area contributed by atoms with Crippen molar-refractivity contribution in [2.24, 2.45) is 0 Å². The van der Waals surface area contributed by atoms with Crippen molar-refractivity contribution in [3.05, 3.63) is 64.2 Å². The van der Waals surface area contributed by atoms with E-state index < -0.39 is 40.8 Å². The largest absolute Gasteiger partial charge is 0.497 e. The number of hydrogen-bond acceptors (Lipinski definition) is 7. The van der Waals surface area contributed by atoms with Gasteiger partial charge in [0.2, 0.25) is 11.8 Å². The number of nitro groups is 1. The van der Waals surface area contributed by atoms with Gasteiger partial charge >= 0.3 is 6.03 Å². The Labute approximate surface area is 194 Å². The smallest absolute Gasteiger partial charge is 0.325 e. The molecule has 0 aromatic heterocycles. The molecule has 1 heterocycles. The third-order valence-electron chi connectivity index (χ3n) is 5.36. The van der Waals surface area contributed by atoms with E-state index in [0.717, 1.165) is 9.80 Å². The first-order valence-electron chi connectivity index (χ1n) is 10.1. The van der Waals surface area contributed by atoms with Crippen LogP contribution in [-0.2, 0) is 19.9 Å². The number of likely N-dealkylation sites (N-methyl/N-ethyl adjacent to an activating group) is 1. The third kappa shape index (κ3) is 4.95. The Bertz CT molecular complexity index is 1170. The SMILES string of the molecule is COc1cccc(NC(=O)CN(C)C(=O)CN2C(=O)NC(C)(c3cccc([N+](=O)[O-])c3)C2=O)c1. The Morgan fingerprint density at radius 3 is 2.59 bits per heavy atom. The van der Waals surface area contributed by atoms with E-state index in [4.69, 9.17) is 4.74 Å². The fraction of sp³-hybridized carbons (Fsp3) is 0.273. The molecule has 1 saturated heterocycles. The van der Waals surface area contributed by atoms with Gasteiger partial charge in [0, 0.05) is 30.9 Å². The van der Waals surface area contributed by atoms with Gasteiger partial charge in [-0.3, -0.25) is 29.4 Å². The molecular weight excluding hydrogens is 446 g/mol. The molecule has 34 heavy (non-hydrogen) atoms. The number of nitro benzene ring substituents is 1. The summed E-state index contributed by atoms with van der Waals surface area (Å²) in [5.41, 5.74) is -1.13. The van der Waals surface area contributed by atoms with Gasteiger partial charge in [0.1, 0.15) is 17.8 Å². The molecule has 0 radical (unpaired) electrons. The number of urea groups is 1. The number of ether oxygens (including phenoxy) is 1. The molecule has 1 fully saturated rings. The monoisotopic (exact) mass is 469 g/mol. The summed E-state index contributed by atoms with van der Waals surface area (Å²) in [5, 5.41) is 16.2. The van der Waals surface area contributed by atoms with Crippen molar-refractivity contribution in [3.63, 3.8) is 0 Å². The van der Waals surface area contributed by atoms with Gasteiger partial charge in [0.15, 0.2) is 0 Å². The van der Waals surface area contributed by atoms with Gasteiger partial charge in [-0.05, 0) is 24.6 Å². The fourth-order valence-corrected chi connectivity index (χ4v) is 3.43. The van der Waals surface area contributed by atoms with Gasteiger partial charge < -0.3 is 20.3 Å². The molecule has 12 nitrogen and oxygen atoms in total. The molecule has 1 aliphatic rings. The van der Waals surface area contributed by atoms with Crippen molar-refractivity contribution in [2.45, 2.75) is 12.5 Å². The molecule has 2 N–H and O–H groups in total. The molecule has 2 aromatic rings. The standard InChI is InChI=1S/C22H23N5O7/c1-22(14-6-4-8-16(10-14)27(32)33)20(30)26(21(31)24-22)13-19(29)25(2)12-18(28)23-15-7-5-9-17(11-15)34-3/h4-11H,12-13H2,1-3H3,(H,23,28)(H,24,31). The van der Waals surface area contributed by atoms with Crippen molar-refractivity contribution in [1.82, 2.24) is 15.1 Å². The molecule has 0 saturated carbocycles. The summed E-state index contributed by atoms with van der Waals surface area (Å²) < 4.78 is 5.09. The van der Waals surface area contributed by atoms with Gasteiger partial charge in [0.25, 0.3) is 11.6 Å². The minimum absolute atomic E-state index is 0.209. The second kappa shape index (κ2) is 9.57. The lowest BCUT2D eigenvalue weighted by atomic mass is 9.91. The summed E-state index contributed by atoms with van der Waals surface area (Å²) in [5.74, 6) is -1.32. The molecule has 1 aliphatic heterocycles. The lowest BCUT2D eigenvalue weighted by Crippen LogP contribution is -2.45. The van der Waals surface area contributed by atoms with Crippen molar-refractivity contribution in [1.29, 1.82) is 0 Å². The number of amides is 5. The Morgan fingerprint density at radius 2 is 1.91 bits per heavy atom. The highest BCUT2D eigenvalue weighted by atomic mass is 16.6. The van der Waals surface area contributed by atoms with Crippen LogP contribution in [0.4, 0.5) is 16.2 Å². The highest BCUT2D eigenvalue weighted by Crippen LogP contribution is 2.30. The molecule has 0 bridgehead atoms. The van der Waals surface area contributed by atoms with Gasteiger partial charge in [-0.15, -0.1) is 0 Å². The van der Waals surface area contributed by atoms with Crippen molar-refractivity contribution >= 4 is 35.1 Å². The number of carbonyl (C=O) groups excluding carboxylic acids is 4. The maximum Gasteiger partial charge on any atom is 0.325 e. The van der Waals surface area contributed by atoms with E-state index in [1.807, 2.05) is 0 Å². The highest BCUT2D eigenvalue weighted by molar-refractivity contribution is 6.09. The van der Waals surface area contributed by atoms with E-state index in [1.165, 1.54) is 45.3 Å². The zero-order chi connectivity index (χ0) is 25.0. The van der Waals surface area contributed by atoms with E-state index in [-0.39, 0.29) is 17.8 Å². The Hall–Kier alpha value is -4.48. The predicted molar refractivity (Wildman–Crippen MR) is 120 cm³/mol. The Morgan fingerprint density at radius 1 is 1.21 bits per heavy atom. The molecule has 178 valence electrons. The van der Waals surface area contributed by atoms with Crippen LogP contribution < -0.4 is 15.4 Å². The number of hydrogen-bond donors (Lipinski definition) is 2. The number of non-ortho nitro benzene ring substituents is 1. The van der Waals surface area contributed by atoms with Crippen molar-refractivity contribution in [3.8, 4) is 5.75 Å². The van der Waals surface area contributed by atoms with Crippen molar-refractivity contribution in [2.75, 3.05) is 32.6 Å². The van der Waals surface area contributed by atoms with Crippen LogP contribution in [-0.4, -0.2) is 65.7 Å². The minimum Gasteiger partial charge on any atom is -0.497 e. The van der Waals surface area contributed by atoms with E-state index in [2.05, 4.69) is 10.6 Å². The number of rotatable bonds is 8. The second-order valence-electron chi connectivity index (χ2n) is 7.78. The molecule has 0 aliphatic carbocycles. The van der Waals surface area contributed by atoms with Crippen LogP contribution in [0.15, 0.2) is 48.5 Å². The van der Waals surface area contributed by atoms with E-state index in [0.29, 0.717) is 11.4 Å². The second-order valence-corrected chi connectivity index (χ2v) is 7.78. The highest BCUT2D eigenvalue weighted by Gasteiger charge is 2.50. The number of methoxy groups -OCH3 is 1. The Kier molecular flexibility index (Phi) is 6.80. The van der Waals surface area contributed by atoms with Crippen LogP contribution in [0.2, 0.25) is 0 Å². The van der Waals surface area contributed by atoms with Gasteiger partial charge in [0.05, 0.1) is 18.6 Å². The summed E-state index contributed by atoms with van der Waals surface area (Å²) in [7, 11) is 2.86. The number of carbonyl (C=O) groups is 4. The summed E-state index contributed by atoms with van der Waals surface area (Å²) >= 11 is 0. The molecule has 2 aromatic carbocycles. The first-order chi connectivity index (χ1) is 16.0. The molecular formula is C22H23N5O7. The Balaban J connectivity index is 1.65.